The molecule has 28 heavy (non-hydrogen) atoms. The van der Waals surface area contributed by atoms with Gasteiger partial charge in [0.2, 0.25) is 0 Å². The average Bonchev–Trinajstić information content (AvgIpc) is 2.65. The number of likely N-dealkylation sites (N-methyl/N-ethyl adjacent to an activating group) is 1. The van der Waals surface area contributed by atoms with Crippen molar-refractivity contribution in [1.29, 1.82) is 0 Å². The van der Waals surface area contributed by atoms with Gasteiger partial charge in [0.05, 0.1) is 13.2 Å². The van der Waals surface area contributed by atoms with Gasteiger partial charge < -0.3 is 14.5 Å². The molecule has 0 saturated heterocycles. The number of urea groups is 1. The van der Waals surface area contributed by atoms with Crippen molar-refractivity contribution >= 4 is 11.8 Å². The van der Waals surface area contributed by atoms with Gasteiger partial charge in [0.1, 0.15) is 5.82 Å². The first-order valence-electron chi connectivity index (χ1n) is 9.61. The molecule has 0 radical (unpaired) electrons. The highest BCUT2D eigenvalue weighted by molar-refractivity contribution is 5.90. The summed E-state index contributed by atoms with van der Waals surface area (Å²) in [5.74, 6) is 0.699. The lowest BCUT2D eigenvalue weighted by atomic mass is 10.2. The highest BCUT2D eigenvalue weighted by Gasteiger charge is 2.19. The summed E-state index contributed by atoms with van der Waals surface area (Å²) in [5, 5.41) is 0. The quantitative estimate of drug-likeness (QED) is 0.622. The number of hydrogen-bond donors (Lipinski definition) is 0. The Morgan fingerprint density at radius 2 is 1.71 bits per heavy atom. The Hall–Kier alpha value is -2.44. The first kappa shape index (κ1) is 21.9. The number of carbonyl (C=O) groups excluding carboxylic acids is 1. The van der Waals surface area contributed by atoms with Crippen LogP contribution in [0.25, 0.3) is 0 Å². The van der Waals surface area contributed by atoms with Gasteiger partial charge in [-0.1, -0.05) is 30.3 Å². The smallest absolute Gasteiger partial charge is 0.325 e. The number of rotatable bonds is 9. The zero-order valence-electron chi connectivity index (χ0n) is 17.7. The fourth-order valence-electron chi connectivity index (χ4n) is 2.88. The third-order valence-corrected chi connectivity index (χ3v) is 4.41. The maximum atomic E-state index is 12.7. The number of nitrogens with zero attached hydrogens (tertiary/aromatic N) is 4. The molecule has 152 valence electrons. The van der Waals surface area contributed by atoms with Crippen LogP contribution in [0.4, 0.5) is 10.6 Å². The summed E-state index contributed by atoms with van der Waals surface area (Å²) in [5.41, 5.74) is 3.18. The van der Waals surface area contributed by atoms with Gasteiger partial charge in [-0.05, 0) is 44.2 Å². The van der Waals surface area contributed by atoms with E-state index in [1.165, 1.54) is 5.56 Å². The molecule has 2 aromatic rings. The van der Waals surface area contributed by atoms with Crippen LogP contribution in [0.15, 0.2) is 42.5 Å². The molecule has 6 heteroatoms. The summed E-state index contributed by atoms with van der Waals surface area (Å²) in [7, 11) is 5.57. The van der Waals surface area contributed by atoms with Crippen molar-refractivity contribution in [3.8, 4) is 0 Å². The lowest BCUT2D eigenvalue weighted by Gasteiger charge is -2.28. The minimum atomic E-state index is -0.0637. The van der Waals surface area contributed by atoms with Gasteiger partial charge in [-0.2, -0.15) is 0 Å². The van der Waals surface area contributed by atoms with E-state index in [1.807, 2.05) is 51.2 Å². The summed E-state index contributed by atoms with van der Waals surface area (Å²) in [6.07, 6.45) is 0. The minimum absolute atomic E-state index is 0.0637. The normalized spacial score (nSPS) is 10.9. The predicted octanol–water partition coefficient (Wildman–Crippen LogP) is 3.34. The molecule has 2 rings (SSSR count). The lowest BCUT2D eigenvalue weighted by Crippen LogP contribution is -2.44. The Morgan fingerprint density at radius 3 is 2.36 bits per heavy atom. The largest absolute Gasteiger partial charge is 0.375 e. The van der Waals surface area contributed by atoms with Crippen molar-refractivity contribution in [1.82, 2.24) is 14.8 Å². The van der Waals surface area contributed by atoms with Crippen molar-refractivity contribution < 1.29 is 9.53 Å². The van der Waals surface area contributed by atoms with Crippen LogP contribution in [0.2, 0.25) is 0 Å². The molecule has 0 atom stereocenters. The molecule has 1 aromatic heterocycles. The number of pyridine rings is 1. The number of anilines is 1. The van der Waals surface area contributed by atoms with E-state index >= 15 is 0 Å². The van der Waals surface area contributed by atoms with Gasteiger partial charge in [-0.15, -0.1) is 0 Å². The Labute approximate surface area is 168 Å². The zero-order chi connectivity index (χ0) is 20.5. The molecule has 0 N–H and O–H groups in total. The first-order chi connectivity index (χ1) is 13.4. The van der Waals surface area contributed by atoms with Gasteiger partial charge in [0, 0.05) is 39.4 Å². The van der Waals surface area contributed by atoms with E-state index in [0.29, 0.717) is 25.6 Å². The molecule has 0 fully saturated rings. The van der Waals surface area contributed by atoms with E-state index in [1.54, 1.807) is 23.9 Å². The number of benzene rings is 1. The maximum absolute atomic E-state index is 12.7. The van der Waals surface area contributed by atoms with E-state index in [9.17, 15) is 4.79 Å². The summed E-state index contributed by atoms with van der Waals surface area (Å²) >= 11 is 0. The van der Waals surface area contributed by atoms with Crippen molar-refractivity contribution in [3.63, 3.8) is 0 Å². The number of aromatic nitrogens is 1. The molecule has 2 amide bonds. The summed E-state index contributed by atoms with van der Waals surface area (Å²) in [6, 6.07) is 14.1. The molecule has 0 aliphatic carbocycles. The predicted molar refractivity (Wildman–Crippen MR) is 114 cm³/mol. The van der Waals surface area contributed by atoms with Gasteiger partial charge in [0.15, 0.2) is 0 Å². The molecule has 1 heterocycles. The molecule has 0 saturated carbocycles. The van der Waals surface area contributed by atoms with Crippen LogP contribution in [0, 0.1) is 13.8 Å². The molecule has 0 aliphatic heterocycles. The van der Waals surface area contributed by atoms with Crippen LogP contribution in [-0.2, 0) is 11.3 Å². The maximum Gasteiger partial charge on any atom is 0.325 e. The van der Waals surface area contributed by atoms with Gasteiger partial charge >= 0.3 is 6.03 Å². The molecule has 0 unspecified atom stereocenters. The Bertz CT molecular complexity index is 729. The second kappa shape index (κ2) is 10.8. The Morgan fingerprint density at radius 1 is 1.00 bits per heavy atom. The fourth-order valence-corrected chi connectivity index (χ4v) is 2.88. The highest BCUT2D eigenvalue weighted by atomic mass is 16.5. The fraction of sp³-hybridized carbons (Fsp3) is 0.455. The van der Waals surface area contributed by atoms with Gasteiger partial charge in [-0.25, -0.2) is 9.78 Å². The lowest BCUT2D eigenvalue weighted by molar-refractivity contribution is 0.100. The van der Waals surface area contributed by atoms with Crippen LogP contribution >= 0.6 is 0 Å². The molecule has 0 aliphatic rings. The topological polar surface area (TPSA) is 48.9 Å². The molecule has 6 nitrogen and oxygen atoms in total. The molecule has 0 bridgehead atoms. The first-order valence-corrected chi connectivity index (χ1v) is 9.61. The van der Waals surface area contributed by atoms with Crippen molar-refractivity contribution in [2.24, 2.45) is 0 Å². The molecule has 1 aromatic carbocycles. The van der Waals surface area contributed by atoms with E-state index < -0.39 is 0 Å². The monoisotopic (exact) mass is 384 g/mol. The van der Waals surface area contributed by atoms with Gasteiger partial charge in [-0.3, -0.25) is 4.90 Å². The van der Waals surface area contributed by atoms with Crippen LogP contribution in [0.3, 0.4) is 0 Å². The van der Waals surface area contributed by atoms with E-state index in [4.69, 9.17) is 4.74 Å². The van der Waals surface area contributed by atoms with Crippen LogP contribution in [0.5, 0.6) is 0 Å². The zero-order valence-corrected chi connectivity index (χ0v) is 17.7. The van der Waals surface area contributed by atoms with Gasteiger partial charge in [0.25, 0.3) is 0 Å². The van der Waals surface area contributed by atoms with Crippen molar-refractivity contribution in [3.05, 3.63) is 59.3 Å². The summed E-state index contributed by atoms with van der Waals surface area (Å²) < 4.78 is 5.76. The van der Waals surface area contributed by atoms with Crippen LogP contribution < -0.4 is 4.90 Å². The van der Waals surface area contributed by atoms with Crippen molar-refractivity contribution in [2.75, 3.05) is 52.3 Å². The molecule has 0 spiro atoms. The minimum Gasteiger partial charge on any atom is -0.375 e. The highest BCUT2D eigenvalue weighted by Crippen LogP contribution is 2.16. The SMILES string of the molecule is Cc1cc(C)nc(N(CCN(C)CCOCc2ccccc2)C(=O)N(C)C)c1. The molecular weight excluding hydrogens is 352 g/mol. The third kappa shape index (κ3) is 6.94. The van der Waals surface area contributed by atoms with E-state index in [0.717, 1.165) is 24.3 Å². The second-order valence-electron chi connectivity index (χ2n) is 7.31. The Balaban J connectivity index is 1.87. The third-order valence-electron chi connectivity index (χ3n) is 4.41. The Kier molecular flexibility index (Phi) is 8.42. The standard InChI is InChI=1S/C22H32N4O2/c1-18-15-19(2)23-21(16-18)26(22(27)24(3)4)12-11-25(5)13-14-28-17-20-9-7-6-8-10-20/h6-10,15-16H,11-14,17H2,1-5H3. The molecular formula is C22H32N4O2. The second-order valence-corrected chi connectivity index (χ2v) is 7.31. The summed E-state index contributed by atoms with van der Waals surface area (Å²) in [4.78, 5) is 22.7. The number of ether oxygens (including phenoxy) is 1. The number of aryl methyl sites for hydroxylation is 2. The number of carbonyl (C=O) groups is 1. The average molecular weight is 385 g/mol. The van der Waals surface area contributed by atoms with E-state index in [2.05, 4.69) is 22.0 Å². The van der Waals surface area contributed by atoms with Crippen LogP contribution in [0.1, 0.15) is 16.8 Å². The number of amides is 2. The van der Waals surface area contributed by atoms with Crippen LogP contribution in [-0.4, -0.2) is 68.2 Å². The van der Waals surface area contributed by atoms with Crippen molar-refractivity contribution in [2.45, 2.75) is 20.5 Å². The van der Waals surface area contributed by atoms with E-state index in [-0.39, 0.29) is 6.03 Å². The number of hydrogen-bond acceptors (Lipinski definition) is 4. The summed E-state index contributed by atoms with van der Waals surface area (Å²) in [6.45, 7) is 7.35.